The summed E-state index contributed by atoms with van der Waals surface area (Å²) >= 11 is 7.42. The van der Waals surface area contributed by atoms with Crippen molar-refractivity contribution in [3.05, 3.63) is 59.0 Å². The van der Waals surface area contributed by atoms with Crippen molar-refractivity contribution in [2.24, 2.45) is 0 Å². The molecule has 0 unspecified atom stereocenters. The number of thioether (sulfide) groups is 1. The summed E-state index contributed by atoms with van der Waals surface area (Å²) < 4.78 is 1.81. The number of hydrogen-bond donors (Lipinski definition) is 2. The number of anilines is 1. The summed E-state index contributed by atoms with van der Waals surface area (Å²) in [5.74, 6) is 0.123. The highest BCUT2D eigenvalue weighted by molar-refractivity contribution is 8.00. The third-order valence-electron chi connectivity index (χ3n) is 3.77. The molecule has 0 fully saturated rings. The summed E-state index contributed by atoms with van der Waals surface area (Å²) in [4.78, 5) is 29.2. The summed E-state index contributed by atoms with van der Waals surface area (Å²) in [5.41, 5.74) is 2.67. The van der Waals surface area contributed by atoms with Gasteiger partial charge in [-0.05, 0) is 30.3 Å². The second-order valence-corrected chi connectivity index (χ2v) is 7.03. The van der Waals surface area contributed by atoms with Crippen LogP contribution in [0.1, 0.15) is 16.1 Å². The molecule has 126 valence electrons. The van der Waals surface area contributed by atoms with E-state index in [1.54, 1.807) is 24.4 Å². The zero-order valence-electron chi connectivity index (χ0n) is 13.0. The molecule has 2 N–H and O–H groups in total. The Morgan fingerprint density at radius 1 is 1.32 bits per heavy atom. The van der Waals surface area contributed by atoms with Crippen LogP contribution in [0.2, 0.25) is 5.02 Å². The van der Waals surface area contributed by atoms with Gasteiger partial charge in [0, 0.05) is 22.9 Å². The molecule has 1 aliphatic rings. The largest absolute Gasteiger partial charge is 0.346 e. The number of hydrogen-bond acceptors (Lipinski definition) is 4. The Hall–Kier alpha value is -2.51. The minimum absolute atomic E-state index is 0.0570. The molecule has 1 aromatic carbocycles. The van der Waals surface area contributed by atoms with E-state index in [2.05, 4.69) is 15.6 Å². The molecular weight excluding hydrogens is 360 g/mol. The molecule has 0 atom stereocenters. The van der Waals surface area contributed by atoms with Gasteiger partial charge in [-0.15, -0.1) is 11.8 Å². The van der Waals surface area contributed by atoms with Gasteiger partial charge in [0.25, 0.3) is 5.91 Å². The normalized spacial score (nSPS) is 13.4. The summed E-state index contributed by atoms with van der Waals surface area (Å²) in [6, 6.07) is 8.88. The maximum atomic E-state index is 12.4. The van der Waals surface area contributed by atoms with Crippen LogP contribution in [0.3, 0.4) is 0 Å². The summed E-state index contributed by atoms with van der Waals surface area (Å²) in [5, 5.41) is 6.25. The molecule has 1 aliphatic heterocycles. The zero-order chi connectivity index (χ0) is 17.4. The molecule has 25 heavy (non-hydrogen) atoms. The number of amides is 2. The highest BCUT2D eigenvalue weighted by Crippen LogP contribution is 2.31. The number of halogens is 1. The Morgan fingerprint density at radius 2 is 2.20 bits per heavy atom. The number of benzene rings is 1. The van der Waals surface area contributed by atoms with Gasteiger partial charge >= 0.3 is 0 Å². The van der Waals surface area contributed by atoms with Crippen LogP contribution in [0.4, 0.5) is 5.69 Å². The van der Waals surface area contributed by atoms with E-state index < -0.39 is 0 Å². The average Bonchev–Trinajstić information content (AvgIpc) is 3.01. The highest BCUT2D eigenvalue weighted by Gasteiger charge is 2.17. The van der Waals surface area contributed by atoms with Crippen molar-refractivity contribution in [1.29, 1.82) is 0 Å². The molecule has 2 aromatic heterocycles. The fraction of sp³-hybridized carbons (Fsp3) is 0.118. The van der Waals surface area contributed by atoms with Crippen LogP contribution < -0.4 is 10.6 Å². The lowest BCUT2D eigenvalue weighted by atomic mass is 10.2. The maximum absolute atomic E-state index is 12.4. The van der Waals surface area contributed by atoms with E-state index in [1.807, 2.05) is 22.7 Å². The standard InChI is InChI=1S/C17H13ClN4O2S/c18-11-2-4-15-20-12(8-22(15)7-11)6-19-17(24)10-1-3-14-13(5-10)21-16(23)9-25-14/h1-5,7-8H,6,9H2,(H,19,24)(H,21,23). The van der Waals surface area contributed by atoms with Crippen LogP contribution in [-0.4, -0.2) is 27.0 Å². The minimum Gasteiger partial charge on any atom is -0.346 e. The van der Waals surface area contributed by atoms with Gasteiger partial charge in [0.15, 0.2) is 0 Å². The molecule has 0 radical (unpaired) electrons. The van der Waals surface area contributed by atoms with Crippen molar-refractivity contribution in [2.75, 3.05) is 11.1 Å². The molecule has 2 amide bonds. The number of nitrogens with one attached hydrogen (secondary N) is 2. The molecule has 0 aliphatic carbocycles. The Balaban J connectivity index is 1.48. The number of fused-ring (bicyclic) bond motifs is 2. The number of aromatic nitrogens is 2. The van der Waals surface area contributed by atoms with E-state index in [9.17, 15) is 9.59 Å². The molecule has 0 bridgehead atoms. The third-order valence-corrected chi connectivity index (χ3v) is 5.07. The van der Waals surface area contributed by atoms with Crippen LogP contribution in [-0.2, 0) is 11.3 Å². The highest BCUT2D eigenvalue weighted by atomic mass is 35.5. The SMILES string of the molecule is O=C1CSc2ccc(C(=O)NCc3cn4cc(Cl)ccc4n3)cc2N1. The van der Waals surface area contributed by atoms with Crippen LogP contribution in [0.5, 0.6) is 0 Å². The first-order chi connectivity index (χ1) is 12.1. The van der Waals surface area contributed by atoms with Gasteiger partial charge in [-0.1, -0.05) is 11.6 Å². The number of carbonyl (C=O) groups excluding carboxylic acids is 2. The second-order valence-electron chi connectivity index (χ2n) is 5.58. The Morgan fingerprint density at radius 3 is 3.08 bits per heavy atom. The summed E-state index contributed by atoms with van der Waals surface area (Å²) in [6.45, 7) is 0.302. The smallest absolute Gasteiger partial charge is 0.251 e. The molecule has 0 saturated carbocycles. The van der Waals surface area contributed by atoms with Crippen molar-refractivity contribution in [1.82, 2.24) is 14.7 Å². The van der Waals surface area contributed by atoms with Gasteiger partial charge in [-0.3, -0.25) is 9.59 Å². The fourth-order valence-electron chi connectivity index (χ4n) is 2.60. The lowest BCUT2D eigenvalue weighted by Gasteiger charge is -2.16. The van der Waals surface area contributed by atoms with Gasteiger partial charge in [0.2, 0.25) is 5.91 Å². The average molecular weight is 373 g/mol. The van der Waals surface area contributed by atoms with Gasteiger partial charge in [-0.2, -0.15) is 0 Å². The fourth-order valence-corrected chi connectivity index (χ4v) is 3.56. The molecular formula is C17H13ClN4O2S. The monoisotopic (exact) mass is 372 g/mol. The van der Waals surface area contributed by atoms with E-state index in [0.717, 1.165) is 16.2 Å². The number of rotatable bonds is 3. The number of imidazole rings is 1. The predicted octanol–water partition coefficient (Wildman–Crippen LogP) is 2.96. The van der Waals surface area contributed by atoms with Crippen molar-refractivity contribution in [2.45, 2.75) is 11.4 Å². The van der Waals surface area contributed by atoms with Crippen LogP contribution in [0, 0.1) is 0 Å². The molecule has 6 nitrogen and oxygen atoms in total. The molecule has 8 heteroatoms. The minimum atomic E-state index is -0.220. The molecule has 4 rings (SSSR count). The van der Waals surface area contributed by atoms with Crippen molar-refractivity contribution in [3.8, 4) is 0 Å². The van der Waals surface area contributed by atoms with E-state index in [0.29, 0.717) is 28.6 Å². The van der Waals surface area contributed by atoms with Gasteiger partial charge in [0.05, 0.1) is 28.7 Å². The topological polar surface area (TPSA) is 75.5 Å². The second kappa shape index (κ2) is 6.42. The first-order valence-electron chi connectivity index (χ1n) is 7.56. The Labute approximate surface area is 152 Å². The Kier molecular flexibility index (Phi) is 4.10. The lowest BCUT2D eigenvalue weighted by Crippen LogP contribution is -2.24. The van der Waals surface area contributed by atoms with Crippen molar-refractivity contribution in [3.63, 3.8) is 0 Å². The van der Waals surface area contributed by atoms with Crippen LogP contribution in [0.25, 0.3) is 5.65 Å². The van der Waals surface area contributed by atoms with Crippen LogP contribution >= 0.6 is 23.4 Å². The molecule has 0 spiro atoms. The number of carbonyl (C=O) groups is 2. The van der Waals surface area contributed by atoms with Crippen molar-refractivity contribution >= 4 is 46.5 Å². The van der Waals surface area contributed by atoms with E-state index in [4.69, 9.17) is 11.6 Å². The third kappa shape index (κ3) is 3.33. The molecule has 0 saturated heterocycles. The number of pyridine rings is 1. The first-order valence-corrected chi connectivity index (χ1v) is 8.93. The first kappa shape index (κ1) is 16.0. The van der Waals surface area contributed by atoms with Crippen molar-refractivity contribution < 1.29 is 9.59 Å². The molecule has 3 aromatic rings. The predicted molar refractivity (Wildman–Crippen MR) is 97.2 cm³/mol. The maximum Gasteiger partial charge on any atom is 0.251 e. The Bertz CT molecular complexity index is 1000. The van der Waals surface area contributed by atoms with Gasteiger partial charge in [-0.25, -0.2) is 4.98 Å². The zero-order valence-corrected chi connectivity index (χ0v) is 14.5. The lowest BCUT2D eigenvalue weighted by molar-refractivity contribution is -0.113. The van der Waals surface area contributed by atoms with E-state index >= 15 is 0 Å². The number of nitrogens with zero attached hydrogens (tertiary/aromatic N) is 2. The van der Waals surface area contributed by atoms with E-state index in [1.165, 1.54) is 11.8 Å². The van der Waals surface area contributed by atoms with E-state index in [-0.39, 0.29) is 11.8 Å². The van der Waals surface area contributed by atoms with Crippen LogP contribution in [0.15, 0.2) is 47.6 Å². The molecule has 3 heterocycles. The quantitative estimate of drug-likeness (QED) is 0.741. The van der Waals surface area contributed by atoms with Gasteiger partial charge < -0.3 is 15.0 Å². The summed E-state index contributed by atoms with van der Waals surface area (Å²) in [7, 11) is 0. The van der Waals surface area contributed by atoms with Gasteiger partial charge in [0.1, 0.15) is 5.65 Å². The summed E-state index contributed by atoms with van der Waals surface area (Å²) in [6.07, 6.45) is 3.59.